The van der Waals surface area contributed by atoms with E-state index in [2.05, 4.69) is 9.88 Å². The molecule has 3 N–H and O–H groups in total. The molecule has 0 spiro atoms. The summed E-state index contributed by atoms with van der Waals surface area (Å²) in [4.78, 5) is 32.9. The summed E-state index contributed by atoms with van der Waals surface area (Å²) >= 11 is 1.40. The molecule has 0 saturated carbocycles. The number of hydrogen-bond acceptors (Lipinski definition) is 5. The number of para-hydroxylation sites is 3. The molecular weight excluding hydrogens is 470 g/mol. The molecule has 2 heterocycles. The van der Waals surface area contributed by atoms with E-state index in [0.29, 0.717) is 26.1 Å². The predicted molar refractivity (Wildman–Crippen MR) is 145 cm³/mol. The maximum Gasteiger partial charge on any atom is 0.247 e. The fourth-order valence-electron chi connectivity index (χ4n) is 4.73. The van der Waals surface area contributed by atoms with Crippen LogP contribution in [-0.2, 0) is 16.1 Å². The number of amides is 2. The molecule has 2 amide bonds. The van der Waals surface area contributed by atoms with Gasteiger partial charge in [-0.3, -0.25) is 9.59 Å². The lowest BCUT2D eigenvalue weighted by Gasteiger charge is -2.24. The lowest BCUT2D eigenvalue weighted by atomic mass is 10.0. The van der Waals surface area contributed by atoms with E-state index < -0.39 is 6.04 Å². The van der Waals surface area contributed by atoms with Gasteiger partial charge in [0.25, 0.3) is 0 Å². The molecule has 1 aliphatic heterocycles. The number of carbonyl (C=O) groups is 2. The average Bonchev–Trinajstić information content (AvgIpc) is 3.54. The minimum atomic E-state index is -0.482. The van der Waals surface area contributed by atoms with Gasteiger partial charge in [0, 0.05) is 30.9 Å². The summed E-state index contributed by atoms with van der Waals surface area (Å²) in [5.41, 5.74) is 10.4. The highest BCUT2D eigenvalue weighted by atomic mass is 32.2. The summed E-state index contributed by atoms with van der Waals surface area (Å²) in [5, 5.41) is 3.85. The Morgan fingerprint density at radius 1 is 1.00 bits per heavy atom. The minimum absolute atomic E-state index is 0.0552. The van der Waals surface area contributed by atoms with E-state index >= 15 is 0 Å². The molecule has 184 valence electrons. The van der Waals surface area contributed by atoms with Crippen molar-refractivity contribution in [2.24, 2.45) is 5.73 Å². The van der Waals surface area contributed by atoms with Gasteiger partial charge in [0.1, 0.15) is 6.04 Å². The second kappa shape index (κ2) is 11.0. The van der Waals surface area contributed by atoms with Crippen molar-refractivity contribution in [2.45, 2.75) is 30.6 Å². The summed E-state index contributed by atoms with van der Waals surface area (Å²) in [6.45, 7) is 1.70. The number of thioether (sulfide) groups is 1. The van der Waals surface area contributed by atoms with E-state index in [-0.39, 0.29) is 17.6 Å². The number of nitrogens with one attached hydrogen (secondary N) is 1. The number of carbonyl (C=O) groups excluding carboxylic acids is 2. The third-order valence-electron chi connectivity index (χ3n) is 6.44. The Morgan fingerprint density at radius 2 is 1.75 bits per heavy atom. The van der Waals surface area contributed by atoms with Crippen molar-refractivity contribution in [3.63, 3.8) is 0 Å². The smallest absolute Gasteiger partial charge is 0.247 e. The molecule has 1 aromatic heterocycles. The van der Waals surface area contributed by atoms with Crippen molar-refractivity contribution in [2.75, 3.05) is 24.2 Å². The van der Waals surface area contributed by atoms with Gasteiger partial charge in [-0.2, -0.15) is 0 Å². The predicted octanol–water partition coefficient (Wildman–Crippen LogP) is 4.38. The molecule has 5 rings (SSSR count). The highest BCUT2D eigenvalue weighted by Crippen LogP contribution is 2.30. The number of rotatable bonds is 8. The quantitative estimate of drug-likeness (QED) is 0.351. The monoisotopic (exact) mass is 499 g/mol. The van der Waals surface area contributed by atoms with E-state index in [1.807, 2.05) is 78.9 Å². The van der Waals surface area contributed by atoms with E-state index in [1.54, 1.807) is 4.90 Å². The van der Waals surface area contributed by atoms with Crippen molar-refractivity contribution in [1.82, 2.24) is 14.5 Å². The van der Waals surface area contributed by atoms with Crippen LogP contribution in [0.4, 0.5) is 5.69 Å². The van der Waals surface area contributed by atoms with Crippen LogP contribution < -0.4 is 11.1 Å². The lowest BCUT2D eigenvalue weighted by Crippen LogP contribution is -2.44. The van der Waals surface area contributed by atoms with E-state index in [4.69, 9.17) is 10.7 Å². The first-order chi connectivity index (χ1) is 17.7. The number of likely N-dealkylation sites (tertiary alicyclic amines) is 1. The number of aromatic nitrogens is 2. The minimum Gasteiger partial charge on any atom is -0.330 e. The van der Waals surface area contributed by atoms with Gasteiger partial charge in [0.05, 0.1) is 16.8 Å². The van der Waals surface area contributed by atoms with Crippen LogP contribution in [0.3, 0.4) is 0 Å². The van der Waals surface area contributed by atoms with Crippen molar-refractivity contribution < 1.29 is 9.59 Å². The van der Waals surface area contributed by atoms with E-state index in [1.165, 1.54) is 11.8 Å². The van der Waals surface area contributed by atoms with E-state index in [0.717, 1.165) is 39.4 Å². The number of nitrogens with two attached hydrogens (primary N) is 1. The number of anilines is 1. The molecule has 1 atom stereocenters. The van der Waals surface area contributed by atoms with Crippen LogP contribution in [0.25, 0.3) is 22.2 Å². The second-order valence-electron chi connectivity index (χ2n) is 8.76. The van der Waals surface area contributed by atoms with Crippen LogP contribution in [0, 0.1) is 0 Å². The fraction of sp³-hybridized carbons (Fsp3) is 0.250. The first-order valence-corrected chi connectivity index (χ1v) is 13.2. The summed E-state index contributed by atoms with van der Waals surface area (Å²) < 4.78 is 2.06. The maximum absolute atomic E-state index is 13.3. The highest BCUT2D eigenvalue weighted by molar-refractivity contribution is 7.99. The summed E-state index contributed by atoms with van der Waals surface area (Å²) in [6, 6.07) is 25.1. The topological polar surface area (TPSA) is 93.2 Å². The Kier molecular flexibility index (Phi) is 7.34. The second-order valence-corrected chi connectivity index (χ2v) is 9.70. The zero-order valence-electron chi connectivity index (χ0n) is 20.0. The van der Waals surface area contributed by atoms with Gasteiger partial charge in [-0.1, -0.05) is 72.4 Å². The van der Waals surface area contributed by atoms with Crippen molar-refractivity contribution in [1.29, 1.82) is 0 Å². The maximum atomic E-state index is 13.3. The molecule has 1 saturated heterocycles. The molecule has 7 nitrogen and oxygen atoms in total. The van der Waals surface area contributed by atoms with E-state index in [9.17, 15) is 9.59 Å². The molecule has 3 aromatic carbocycles. The average molecular weight is 500 g/mol. The molecule has 0 radical (unpaired) electrons. The standard InChI is InChI=1S/C28H29N5O2S/c29-16-18-33-24-14-7-6-13-23(24)31-28(33)36-19-26(34)32-17-8-15-25(32)27(35)30-22-12-5-4-11-21(22)20-9-2-1-3-10-20/h1-7,9-14,25H,8,15-19,29H2,(H,30,35)/t25-/m0/s1. The van der Waals surface area contributed by atoms with Gasteiger partial charge in [-0.25, -0.2) is 4.98 Å². The number of fused-ring (bicyclic) bond motifs is 1. The van der Waals surface area contributed by atoms with Gasteiger partial charge < -0.3 is 20.5 Å². The first kappa shape index (κ1) is 24.1. The zero-order valence-corrected chi connectivity index (χ0v) is 20.8. The molecule has 1 fully saturated rings. The van der Waals surface area contributed by atoms with Crippen LogP contribution in [0.2, 0.25) is 0 Å². The molecule has 0 unspecified atom stereocenters. The number of imidazole rings is 1. The molecule has 0 bridgehead atoms. The van der Waals surface area contributed by atoms with Crippen LogP contribution in [-0.4, -0.2) is 51.1 Å². The molecule has 36 heavy (non-hydrogen) atoms. The number of benzene rings is 3. The Hall–Kier alpha value is -3.62. The van der Waals surface area contributed by atoms with Crippen LogP contribution in [0.1, 0.15) is 12.8 Å². The molecule has 4 aromatic rings. The largest absolute Gasteiger partial charge is 0.330 e. The molecule has 0 aliphatic carbocycles. The summed E-state index contributed by atoms with van der Waals surface area (Å²) in [6.07, 6.45) is 1.46. The van der Waals surface area contributed by atoms with Gasteiger partial charge in [0.2, 0.25) is 11.8 Å². The zero-order chi connectivity index (χ0) is 24.9. The van der Waals surface area contributed by atoms with Gasteiger partial charge in [-0.05, 0) is 36.6 Å². The Bertz CT molecular complexity index is 1370. The first-order valence-electron chi connectivity index (χ1n) is 12.2. The number of hydrogen-bond donors (Lipinski definition) is 2. The Morgan fingerprint density at radius 3 is 2.58 bits per heavy atom. The van der Waals surface area contributed by atoms with Crippen LogP contribution >= 0.6 is 11.8 Å². The van der Waals surface area contributed by atoms with Crippen LogP contribution in [0.5, 0.6) is 0 Å². The summed E-state index contributed by atoms with van der Waals surface area (Å²) in [7, 11) is 0. The highest BCUT2D eigenvalue weighted by Gasteiger charge is 2.34. The number of nitrogens with zero attached hydrogens (tertiary/aromatic N) is 3. The van der Waals surface area contributed by atoms with Gasteiger partial charge in [-0.15, -0.1) is 0 Å². The Balaban J connectivity index is 1.28. The third kappa shape index (κ3) is 5.01. The third-order valence-corrected chi connectivity index (χ3v) is 7.40. The van der Waals surface area contributed by atoms with Crippen molar-refractivity contribution in [3.05, 3.63) is 78.9 Å². The van der Waals surface area contributed by atoms with Gasteiger partial charge in [0.15, 0.2) is 5.16 Å². The van der Waals surface area contributed by atoms with Gasteiger partial charge >= 0.3 is 0 Å². The fourth-order valence-corrected chi connectivity index (χ4v) is 5.66. The summed E-state index contributed by atoms with van der Waals surface area (Å²) in [5.74, 6) is 0.0168. The SMILES string of the molecule is NCCn1c(SCC(=O)N2CCC[C@H]2C(=O)Nc2ccccc2-c2ccccc2)nc2ccccc21. The van der Waals surface area contributed by atoms with Crippen LogP contribution in [0.15, 0.2) is 84.0 Å². The molecule has 8 heteroatoms. The molecular formula is C28H29N5O2S. The Labute approximate surface area is 214 Å². The lowest BCUT2D eigenvalue weighted by molar-refractivity contribution is -0.134. The molecule has 1 aliphatic rings. The van der Waals surface area contributed by atoms with Crippen molar-refractivity contribution in [3.8, 4) is 11.1 Å². The normalized spacial score (nSPS) is 15.4. The van der Waals surface area contributed by atoms with Crippen molar-refractivity contribution >= 4 is 40.3 Å².